The molecule has 1 aromatic heterocycles. The van der Waals surface area contributed by atoms with Crippen LogP contribution < -0.4 is 11.1 Å². The van der Waals surface area contributed by atoms with Gasteiger partial charge in [-0.1, -0.05) is 18.2 Å². The van der Waals surface area contributed by atoms with Gasteiger partial charge >= 0.3 is 0 Å². The molecule has 0 saturated heterocycles. The summed E-state index contributed by atoms with van der Waals surface area (Å²) < 4.78 is 5.75. The number of nitrogens with two attached hydrogens (primary N) is 1. The maximum Gasteiger partial charge on any atom is 0.222 e. The number of benzene rings is 1. The Bertz CT molecular complexity index is 583. The zero-order valence-electron chi connectivity index (χ0n) is 11.6. The van der Waals surface area contributed by atoms with E-state index in [-0.39, 0.29) is 18.0 Å². The van der Waals surface area contributed by atoms with Crippen molar-refractivity contribution < 1.29 is 9.21 Å². The lowest BCUT2D eigenvalue weighted by atomic mass is 10.1. The Labute approximate surface area is 118 Å². The van der Waals surface area contributed by atoms with Crippen LogP contribution in [0.25, 0.3) is 11.0 Å². The highest BCUT2D eigenvalue weighted by Gasteiger charge is 2.30. The second kappa shape index (κ2) is 5.29. The maximum atomic E-state index is 12.0. The summed E-state index contributed by atoms with van der Waals surface area (Å²) >= 11 is 0. The van der Waals surface area contributed by atoms with Gasteiger partial charge in [-0.15, -0.1) is 0 Å². The summed E-state index contributed by atoms with van der Waals surface area (Å²) in [5, 5.41) is 4.01. The Balaban J connectivity index is 1.62. The number of carbonyl (C=O) groups is 1. The van der Waals surface area contributed by atoms with Gasteiger partial charge in [-0.3, -0.25) is 4.79 Å². The van der Waals surface area contributed by atoms with Gasteiger partial charge in [0.15, 0.2) is 0 Å². The molecule has 1 amide bonds. The number of nitrogens with one attached hydrogen (secondary N) is 1. The highest BCUT2D eigenvalue weighted by atomic mass is 16.3. The molecule has 0 radical (unpaired) electrons. The van der Waals surface area contributed by atoms with Crippen LogP contribution in [0.1, 0.15) is 38.0 Å². The van der Waals surface area contributed by atoms with Crippen LogP contribution in [0.15, 0.2) is 34.7 Å². The number of fused-ring (bicyclic) bond motifs is 1. The van der Waals surface area contributed by atoms with Gasteiger partial charge in [0.05, 0.1) is 6.04 Å². The second-order valence-corrected chi connectivity index (χ2v) is 5.68. The molecule has 20 heavy (non-hydrogen) atoms. The molecule has 1 aliphatic rings. The first-order chi connectivity index (χ1) is 9.63. The summed E-state index contributed by atoms with van der Waals surface area (Å²) in [5.41, 5.74) is 6.82. The molecule has 106 valence electrons. The molecular formula is C16H20N2O2. The molecule has 0 bridgehead atoms. The smallest absolute Gasteiger partial charge is 0.222 e. The quantitative estimate of drug-likeness (QED) is 0.879. The molecule has 1 aliphatic carbocycles. The number of carbonyl (C=O) groups excluding carboxylic acids is 1. The lowest BCUT2D eigenvalue weighted by Crippen LogP contribution is -2.34. The van der Waals surface area contributed by atoms with Crippen molar-refractivity contribution in [3.05, 3.63) is 36.1 Å². The zero-order valence-corrected chi connectivity index (χ0v) is 11.6. The Morgan fingerprint density at radius 3 is 2.90 bits per heavy atom. The number of hydrogen-bond donors (Lipinski definition) is 2. The van der Waals surface area contributed by atoms with Crippen molar-refractivity contribution in [2.75, 3.05) is 0 Å². The normalized spacial score (nSPS) is 17.9. The molecule has 2 aromatic rings. The first-order valence-corrected chi connectivity index (χ1v) is 7.17. The van der Waals surface area contributed by atoms with E-state index in [9.17, 15) is 4.79 Å². The van der Waals surface area contributed by atoms with Crippen molar-refractivity contribution in [2.24, 2.45) is 11.7 Å². The molecule has 0 aliphatic heterocycles. The lowest BCUT2D eigenvalue weighted by Gasteiger charge is -2.14. The van der Waals surface area contributed by atoms with E-state index in [1.807, 2.05) is 37.3 Å². The van der Waals surface area contributed by atoms with Crippen LogP contribution in [-0.2, 0) is 4.79 Å². The molecule has 0 spiro atoms. The van der Waals surface area contributed by atoms with Crippen molar-refractivity contribution >= 4 is 16.9 Å². The number of rotatable bonds is 5. The van der Waals surface area contributed by atoms with Gasteiger partial charge < -0.3 is 15.5 Å². The molecule has 1 aromatic carbocycles. The van der Waals surface area contributed by atoms with Crippen molar-refractivity contribution in [1.82, 2.24) is 5.32 Å². The summed E-state index contributed by atoms with van der Waals surface area (Å²) in [7, 11) is 0. The van der Waals surface area contributed by atoms with E-state index in [4.69, 9.17) is 10.2 Å². The van der Waals surface area contributed by atoms with Crippen molar-refractivity contribution in [3.63, 3.8) is 0 Å². The van der Waals surface area contributed by atoms with Gasteiger partial charge in [-0.05, 0) is 37.8 Å². The fraction of sp³-hybridized carbons (Fsp3) is 0.438. The van der Waals surface area contributed by atoms with Crippen molar-refractivity contribution in [2.45, 2.75) is 38.3 Å². The van der Waals surface area contributed by atoms with Gasteiger partial charge in [-0.2, -0.15) is 0 Å². The molecule has 3 rings (SSSR count). The molecular weight excluding hydrogens is 252 g/mol. The Morgan fingerprint density at radius 2 is 2.20 bits per heavy atom. The Kier molecular flexibility index (Phi) is 3.49. The van der Waals surface area contributed by atoms with Crippen LogP contribution >= 0.6 is 0 Å². The predicted octanol–water partition coefficient (Wildman–Crippen LogP) is 2.74. The third kappa shape index (κ3) is 2.85. The molecule has 1 saturated carbocycles. The van der Waals surface area contributed by atoms with E-state index in [1.165, 1.54) is 0 Å². The number of furan rings is 1. The second-order valence-electron chi connectivity index (χ2n) is 5.68. The maximum absolute atomic E-state index is 12.0. The standard InChI is InChI=1S/C16H20N2O2/c1-10(18-16(19)9-13(17)11-6-7-11)15-8-12-4-2-3-5-14(12)20-15/h2-5,8,10-11,13H,6-7,9,17H2,1H3,(H,18,19). The number of hydrogen-bond acceptors (Lipinski definition) is 3. The lowest BCUT2D eigenvalue weighted by molar-refractivity contribution is -0.122. The highest BCUT2D eigenvalue weighted by molar-refractivity contribution is 5.79. The molecule has 4 nitrogen and oxygen atoms in total. The third-order valence-electron chi connectivity index (χ3n) is 3.90. The average molecular weight is 272 g/mol. The number of amides is 1. The largest absolute Gasteiger partial charge is 0.459 e. The fourth-order valence-electron chi connectivity index (χ4n) is 2.49. The molecule has 1 fully saturated rings. The van der Waals surface area contributed by atoms with E-state index in [0.717, 1.165) is 29.6 Å². The van der Waals surface area contributed by atoms with Crippen LogP contribution in [0.3, 0.4) is 0 Å². The molecule has 2 unspecified atom stereocenters. The number of para-hydroxylation sites is 1. The van der Waals surface area contributed by atoms with E-state index in [0.29, 0.717) is 12.3 Å². The van der Waals surface area contributed by atoms with Crippen LogP contribution in [0.4, 0.5) is 0 Å². The van der Waals surface area contributed by atoms with E-state index in [2.05, 4.69) is 5.32 Å². The van der Waals surface area contributed by atoms with Gasteiger partial charge in [0.25, 0.3) is 0 Å². The average Bonchev–Trinajstić information content (AvgIpc) is 3.17. The van der Waals surface area contributed by atoms with Gasteiger partial charge in [0.1, 0.15) is 11.3 Å². The SMILES string of the molecule is CC(NC(=O)CC(N)C1CC1)c1cc2ccccc2o1. The monoisotopic (exact) mass is 272 g/mol. The summed E-state index contributed by atoms with van der Waals surface area (Å²) in [6, 6.07) is 9.67. The minimum Gasteiger partial charge on any atom is -0.459 e. The molecule has 1 heterocycles. The minimum absolute atomic E-state index is 0.00197. The topological polar surface area (TPSA) is 68.3 Å². The van der Waals surface area contributed by atoms with E-state index >= 15 is 0 Å². The fourth-order valence-corrected chi connectivity index (χ4v) is 2.49. The van der Waals surface area contributed by atoms with Crippen LogP contribution in [0, 0.1) is 5.92 Å². The molecule has 2 atom stereocenters. The van der Waals surface area contributed by atoms with Crippen molar-refractivity contribution in [1.29, 1.82) is 0 Å². The molecule has 4 heteroatoms. The summed E-state index contributed by atoms with van der Waals surface area (Å²) in [6.45, 7) is 1.93. The van der Waals surface area contributed by atoms with Crippen LogP contribution in [0.5, 0.6) is 0 Å². The Morgan fingerprint density at radius 1 is 1.45 bits per heavy atom. The van der Waals surface area contributed by atoms with E-state index < -0.39 is 0 Å². The first kappa shape index (κ1) is 13.2. The first-order valence-electron chi connectivity index (χ1n) is 7.17. The van der Waals surface area contributed by atoms with Gasteiger partial charge in [0, 0.05) is 17.8 Å². The zero-order chi connectivity index (χ0) is 14.1. The van der Waals surface area contributed by atoms with Crippen LogP contribution in [-0.4, -0.2) is 11.9 Å². The van der Waals surface area contributed by atoms with E-state index in [1.54, 1.807) is 0 Å². The summed E-state index contributed by atoms with van der Waals surface area (Å²) in [6.07, 6.45) is 2.72. The highest BCUT2D eigenvalue weighted by Crippen LogP contribution is 2.32. The van der Waals surface area contributed by atoms with Gasteiger partial charge in [0.2, 0.25) is 5.91 Å². The van der Waals surface area contributed by atoms with Crippen LogP contribution in [0.2, 0.25) is 0 Å². The summed E-state index contributed by atoms with van der Waals surface area (Å²) in [4.78, 5) is 12.0. The summed E-state index contributed by atoms with van der Waals surface area (Å²) in [5.74, 6) is 1.32. The minimum atomic E-state index is -0.138. The van der Waals surface area contributed by atoms with Crippen molar-refractivity contribution in [3.8, 4) is 0 Å². The Hall–Kier alpha value is -1.81. The predicted molar refractivity (Wildman–Crippen MR) is 78.1 cm³/mol. The molecule has 3 N–H and O–H groups in total. The third-order valence-corrected chi connectivity index (χ3v) is 3.90. The van der Waals surface area contributed by atoms with Gasteiger partial charge in [-0.25, -0.2) is 0 Å².